The van der Waals surface area contributed by atoms with E-state index in [0.29, 0.717) is 0 Å². The van der Waals surface area contributed by atoms with Gasteiger partial charge in [0, 0.05) is 43.8 Å². The van der Waals surface area contributed by atoms with Crippen molar-refractivity contribution >= 4 is 16.8 Å². The Labute approximate surface area is 173 Å². The zero-order valence-electron chi connectivity index (χ0n) is 17.3. The predicted molar refractivity (Wildman–Crippen MR) is 118 cm³/mol. The van der Waals surface area contributed by atoms with Crippen molar-refractivity contribution in [2.75, 3.05) is 26.2 Å². The fourth-order valence-electron chi connectivity index (χ4n) is 4.01. The van der Waals surface area contributed by atoms with Crippen LogP contribution in [0.4, 0.5) is 0 Å². The third-order valence-electron chi connectivity index (χ3n) is 5.68. The molecular weight excluding hydrogens is 358 g/mol. The molecule has 1 aromatic heterocycles. The number of rotatable bonds is 4. The van der Waals surface area contributed by atoms with E-state index in [1.165, 1.54) is 5.56 Å². The second kappa shape index (κ2) is 8.75. The lowest BCUT2D eigenvalue weighted by Gasteiger charge is -2.23. The van der Waals surface area contributed by atoms with Crippen molar-refractivity contribution < 1.29 is 4.79 Å². The monoisotopic (exact) mass is 387 g/mol. The number of carbonyl (C=O) groups is 1. The van der Waals surface area contributed by atoms with Crippen molar-refractivity contribution in [2.24, 2.45) is 0 Å². The molecule has 4 nitrogen and oxygen atoms in total. The molecule has 4 heteroatoms. The average Bonchev–Trinajstić information content (AvgIpc) is 2.98. The van der Waals surface area contributed by atoms with E-state index < -0.39 is 0 Å². The molecular formula is C25H29N3O. The number of hydrogen-bond donors (Lipinski definition) is 0. The normalized spacial score (nSPS) is 15.6. The van der Waals surface area contributed by atoms with Crippen molar-refractivity contribution in [2.45, 2.75) is 32.7 Å². The Bertz CT molecular complexity index is 984. The molecule has 1 aliphatic rings. The summed E-state index contributed by atoms with van der Waals surface area (Å²) >= 11 is 0. The second-order valence-electron chi connectivity index (χ2n) is 8.17. The maximum Gasteiger partial charge on any atom is 0.254 e. The minimum atomic E-state index is 0.132. The number of aromatic nitrogens is 1. The van der Waals surface area contributed by atoms with E-state index in [9.17, 15) is 4.79 Å². The summed E-state index contributed by atoms with van der Waals surface area (Å²) in [5.41, 5.74) is 4.00. The molecule has 1 saturated heterocycles. The van der Waals surface area contributed by atoms with E-state index in [1.54, 1.807) is 0 Å². The summed E-state index contributed by atoms with van der Waals surface area (Å²) in [6, 6.07) is 20.6. The highest BCUT2D eigenvalue weighted by molar-refractivity contribution is 6.06. The highest BCUT2D eigenvalue weighted by atomic mass is 16.2. The van der Waals surface area contributed by atoms with Crippen molar-refractivity contribution in [3.63, 3.8) is 0 Å². The number of benzene rings is 2. The summed E-state index contributed by atoms with van der Waals surface area (Å²) in [4.78, 5) is 22.7. The van der Waals surface area contributed by atoms with E-state index in [1.807, 2.05) is 35.2 Å². The van der Waals surface area contributed by atoms with Crippen molar-refractivity contribution in [3.05, 3.63) is 77.5 Å². The molecule has 2 heterocycles. The lowest BCUT2D eigenvalue weighted by atomic mass is 10.0. The van der Waals surface area contributed by atoms with Crippen LogP contribution in [0.15, 0.2) is 60.7 Å². The molecule has 1 aliphatic heterocycles. The standard InChI is InChI=1S/C25H29N3O/c1-19(2)24-17-22(21-11-6-7-12-23(21)26-24)25(29)28-14-8-13-27(15-16-28)18-20-9-4-3-5-10-20/h3-7,9-12,17,19H,8,13-16,18H2,1-2H3. The molecule has 0 saturated carbocycles. The number of nitrogens with zero attached hydrogens (tertiary/aromatic N) is 3. The largest absolute Gasteiger partial charge is 0.337 e. The molecule has 29 heavy (non-hydrogen) atoms. The smallest absolute Gasteiger partial charge is 0.254 e. The van der Waals surface area contributed by atoms with Gasteiger partial charge in [-0.25, -0.2) is 0 Å². The molecule has 0 bridgehead atoms. The first-order valence-electron chi connectivity index (χ1n) is 10.6. The van der Waals surface area contributed by atoms with Gasteiger partial charge in [0.15, 0.2) is 0 Å². The Balaban J connectivity index is 1.54. The van der Waals surface area contributed by atoms with Gasteiger partial charge in [-0.3, -0.25) is 14.7 Å². The van der Waals surface area contributed by atoms with Gasteiger partial charge in [-0.05, 0) is 30.0 Å². The number of fused-ring (bicyclic) bond motifs is 1. The highest BCUT2D eigenvalue weighted by Gasteiger charge is 2.23. The average molecular weight is 388 g/mol. The van der Waals surface area contributed by atoms with Crippen LogP contribution in [0.5, 0.6) is 0 Å². The Kier molecular flexibility index (Phi) is 5.91. The topological polar surface area (TPSA) is 36.4 Å². The molecule has 0 N–H and O–H groups in total. The van der Waals surface area contributed by atoms with Gasteiger partial charge in [-0.2, -0.15) is 0 Å². The maximum absolute atomic E-state index is 13.5. The van der Waals surface area contributed by atoms with Gasteiger partial charge in [0.25, 0.3) is 5.91 Å². The second-order valence-corrected chi connectivity index (χ2v) is 8.17. The van der Waals surface area contributed by atoms with Crippen molar-refractivity contribution in [1.29, 1.82) is 0 Å². The molecule has 0 spiro atoms. The fourth-order valence-corrected chi connectivity index (χ4v) is 4.01. The number of pyridine rings is 1. The minimum absolute atomic E-state index is 0.132. The summed E-state index contributed by atoms with van der Waals surface area (Å²) in [7, 11) is 0. The Morgan fingerprint density at radius 3 is 2.52 bits per heavy atom. The zero-order chi connectivity index (χ0) is 20.2. The van der Waals surface area contributed by atoms with E-state index in [2.05, 4.69) is 49.1 Å². The molecule has 2 aromatic carbocycles. The minimum Gasteiger partial charge on any atom is -0.337 e. The first-order valence-corrected chi connectivity index (χ1v) is 10.6. The zero-order valence-corrected chi connectivity index (χ0v) is 17.3. The fraction of sp³-hybridized carbons (Fsp3) is 0.360. The van der Waals surface area contributed by atoms with Gasteiger partial charge in [0.05, 0.1) is 11.1 Å². The van der Waals surface area contributed by atoms with Crippen molar-refractivity contribution in [3.8, 4) is 0 Å². The van der Waals surface area contributed by atoms with Crippen LogP contribution in [-0.4, -0.2) is 46.9 Å². The predicted octanol–water partition coefficient (Wildman–Crippen LogP) is 4.71. The number of carbonyl (C=O) groups excluding carboxylic acids is 1. The van der Waals surface area contributed by atoms with Crippen LogP contribution in [0.3, 0.4) is 0 Å². The van der Waals surface area contributed by atoms with Crippen molar-refractivity contribution in [1.82, 2.24) is 14.8 Å². The molecule has 150 valence electrons. The summed E-state index contributed by atoms with van der Waals surface area (Å²) in [5, 5.41) is 0.951. The van der Waals surface area contributed by atoms with Gasteiger partial charge in [-0.1, -0.05) is 62.4 Å². The summed E-state index contributed by atoms with van der Waals surface area (Å²) in [6.45, 7) is 8.68. The summed E-state index contributed by atoms with van der Waals surface area (Å²) in [5.74, 6) is 0.420. The number of para-hydroxylation sites is 1. The molecule has 4 rings (SSSR count). The lowest BCUT2D eigenvalue weighted by Crippen LogP contribution is -2.35. The quantitative estimate of drug-likeness (QED) is 0.651. The van der Waals surface area contributed by atoms with Gasteiger partial charge < -0.3 is 4.90 Å². The molecule has 1 fully saturated rings. The molecule has 3 aromatic rings. The van der Waals surface area contributed by atoms with Crippen LogP contribution in [-0.2, 0) is 6.54 Å². The first-order chi connectivity index (χ1) is 14.1. The van der Waals surface area contributed by atoms with Crippen LogP contribution in [0.25, 0.3) is 10.9 Å². The van der Waals surface area contributed by atoms with Gasteiger partial charge in [-0.15, -0.1) is 0 Å². The lowest BCUT2D eigenvalue weighted by molar-refractivity contribution is 0.0763. The molecule has 0 radical (unpaired) electrons. The third-order valence-corrected chi connectivity index (χ3v) is 5.68. The van der Waals surface area contributed by atoms with Crippen LogP contribution < -0.4 is 0 Å². The van der Waals surface area contributed by atoms with Gasteiger partial charge >= 0.3 is 0 Å². The van der Waals surface area contributed by atoms with E-state index in [-0.39, 0.29) is 11.8 Å². The van der Waals surface area contributed by atoms with E-state index >= 15 is 0 Å². The van der Waals surface area contributed by atoms with Crippen LogP contribution in [0, 0.1) is 0 Å². The van der Waals surface area contributed by atoms with Gasteiger partial charge in [0.2, 0.25) is 0 Å². The Morgan fingerprint density at radius 2 is 1.72 bits per heavy atom. The summed E-state index contributed by atoms with van der Waals surface area (Å²) < 4.78 is 0. The number of amides is 1. The SMILES string of the molecule is CC(C)c1cc(C(=O)N2CCCN(Cc3ccccc3)CC2)c2ccccc2n1. The number of hydrogen-bond acceptors (Lipinski definition) is 3. The van der Waals surface area contributed by atoms with Crippen LogP contribution >= 0.6 is 0 Å². The first kappa shape index (κ1) is 19.6. The van der Waals surface area contributed by atoms with Crippen LogP contribution in [0.2, 0.25) is 0 Å². The highest BCUT2D eigenvalue weighted by Crippen LogP contribution is 2.24. The Morgan fingerprint density at radius 1 is 0.966 bits per heavy atom. The molecule has 0 aliphatic carbocycles. The summed E-state index contributed by atoms with van der Waals surface area (Å²) in [6.07, 6.45) is 0.999. The van der Waals surface area contributed by atoms with E-state index in [0.717, 1.165) is 61.3 Å². The Hall–Kier alpha value is -2.72. The van der Waals surface area contributed by atoms with Crippen LogP contribution in [0.1, 0.15) is 47.8 Å². The third kappa shape index (κ3) is 4.48. The molecule has 1 amide bonds. The molecule has 0 unspecified atom stereocenters. The molecule has 0 atom stereocenters. The van der Waals surface area contributed by atoms with Gasteiger partial charge in [0.1, 0.15) is 0 Å². The maximum atomic E-state index is 13.5. The van der Waals surface area contributed by atoms with E-state index in [4.69, 9.17) is 4.98 Å².